The number of aromatic nitrogens is 1. The van der Waals surface area contributed by atoms with Crippen LogP contribution in [-0.2, 0) is 0 Å². The van der Waals surface area contributed by atoms with Crippen molar-refractivity contribution in [2.24, 2.45) is 0 Å². The van der Waals surface area contributed by atoms with Crippen LogP contribution in [0.25, 0.3) is 5.70 Å². The third kappa shape index (κ3) is 3.09. The highest BCUT2D eigenvalue weighted by Crippen LogP contribution is 2.21. The third-order valence-electron chi connectivity index (χ3n) is 2.55. The van der Waals surface area contributed by atoms with Gasteiger partial charge in [-0.3, -0.25) is 15.6 Å². The molecule has 0 aliphatic heterocycles. The number of nitrogen functional groups attached to an aromatic ring is 1. The smallest absolute Gasteiger partial charge is 0.281 e. The Morgan fingerprint density at radius 3 is 2.70 bits per heavy atom. The molecule has 0 atom stereocenters. The van der Waals surface area contributed by atoms with Gasteiger partial charge >= 0.3 is 0 Å². The summed E-state index contributed by atoms with van der Waals surface area (Å²) in [5.41, 5.74) is 12.6. The second-order valence-electron chi connectivity index (χ2n) is 4.00. The van der Waals surface area contributed by atoms with Crippen LogP contribution in [0, 0.1) is 6.92 Å². The van der Waals surface area contributed by atoms with Crippen LogP contribution >= 0.6 is 22.9 Å². The molecule has 1 amide bonds. The molecule has 0 aliphatic rings. The van der Waals surface area contributed by atoms with Crippen molar-refractivity contribution in [3.63, 3.8) is 0 Å². The number of anilines is 1. The van der Waals surface area contributed by atoms with Gasteiger partial charge in [-0.2, -0.15) is 0 Å². The Bertz CT molecular complexity index is 668. The molecule has 1 aromatic heterocycles. The van der Waals surface area contributed by atoms with Crippen LogP contribution in [-0.4, -0.2) is 10.9 Å². The minimum atomic E-state index is -0.315. The summed E-state index contributed by atoms with van der Waals surface area (Å²) < 4.78 is 0. The lowest BCUT2D eigenvalue weighted by molar-refractivity contribution is 0.0946. The van der Waals surface area contributed by atoms with Gasteiger partial charge in [-0.1, -0.05) is 47.7 Å². The van der Waals surface area contributed by atoms with E-state index in [1.165, 1.54) is 0 Å². The maximum atomic E-state index is 12.0. The molecular formula is C13H13ClN4OS. The molecule has 0 saturated carbocycles. The molecular weight excluding hydrogens is 296 g/mol. The highest BCUT2D eigenvalue weighted by molar-refractivity contribution is 7.17. The number of rotatable bonds is 4. The van der Waals surface area contributed by atoms with Gasteiger partial charge in [0.05, 0.1) is 11.4 Å². The quantitative estimate of drug-likeness (QED) is 0.758. The molecule has 1 heterocycles. The van der Waals surface area contributed by atoms with Crippen molar-refractivity contribution in [3.8, 4) is 0 Å². The number of hydrogen-bond donors (Lipinski definition) is 3. The summed E-state index contributed by atoms with van der Waals surface area (Å²) >= 11 is 7.17. The molecule has 7 heteroatoms. The molecule has 0 bridgehead atoms. The van der Waals surface area contributed by atoms with Gasteiger partial charge in [0.1, 0.15) is 4.88 Å². The van der Waals surface area contributed by atoms with E-state index in [0.29, 0.717) is 26.4 Å². The molecule has 0 radical (unpaired) electrons. The van der Waals surface area contributed by atoms with E-state index in [1.807, 2.05) is 12.1 Å². The van der Waals surface area contributed by atoms with Crippen LogP contribution < -0.4 is 16.6 Å². The number of thiazole rings is 1. The van der Waals surface area contributed by atoms with Crippen molar-refractivity contribution in [2.75, 3.05) is 5.73 Å². The summed E-state index contributed by atoms with van der Waals surface area (Å²) in [4.78, 5) is 16.4. The molecule has 104 valence electrons. The Morgan fingerprint density at radius 2 is 2.10 bits per heavy atom. The van der Waals surface area contributed by atoms with E-state index in [9.17, 15) is 4.79 Å². The van der Waals surface area contributed by atoms with Crippen molar-refractivity contribution >= 4 is 39.7 Å². The minimum absolute atomic E-state index is 0.315. The Balaban J connectivity index is 2.02. The van der Waals surface area contributed by atoms with E-state index in [0.717, 1.165) is 16.9 Å². The van der Waals surface area contributed by atoms with Gasteiger partial charge in [-0.15, -0.1) is 0 Å². The molecule has 0 aliphatic carbocycles. The lowest BCUT2D eigenvalue weighted by Gasteiger charge is -2.11. The first kappa shape index (κ1) is 14.4. The number of hydrogen-bond acceptors (Lipinski definition) is 5. The molecule has 2 rings (SSSR count). The average Bonchev–Trinajstić information content (AvgIpc) is 2.75. The summed E-state index contributed by atoms with van der Waals surface area (Å²) in [7, 11) is 0. The largest absolute Gasteiger partial charge is 0.375 e. The number of nitrogens with zero attached hydrogens (tertiary/aromatic N) is 1. The van der Waals surface area contributed by atoms with Gasteiger partial charge in [0, 0.05) is 10.6 Å². The number of aryl methyl sites for hydroxylation is 1. The second-order valence-corrected chi connectivity index (χ2v) is 5.44. The van der Waals surface area contributed by atoms with Crippen molar-refractivity contribution < 1.29 is 4.79 Å². The molecule has 5 nitrogen and oxygen atoms in total. The van der Waals surface area contributed by atoms with E-state index in [2.05, 4.69) is 22.4 Å². The summed E-state index contributed by atoms with van der Waals surface area (Å²) in [5.74, 6) is -0.315. The topological polar surface area (TPSA) is 80.0 Å². The monoisotopic (exact) mass is 308 g/mol. The second kappa shape index (κ2) is 5.94. The van der Waals surface area contributed by atoms with Gasteiger partial charge < -0.3 is 5.73 Å². The number of carbonyl (C=O) groups is 1. The number of amides is 1. The molecule has 1 aromatic carbocycles. The Labute approximate surface area is 125 Å². The normalized spacial score (nSPS) is 10.1. The van der Waals surface area contributed by atoms with E-state index >= 15 is 0 Å². The van der Waals surface area contributed by atoms with Gasteiger partial charge in [0.15, 0.2) is 5.13 Å². The van der Waals surface area contributed by atoms with Crippen LogP contribution in [0.4, 0.5) is 5.13 Å². The maximum Gasteiger partial charge on any atom is 0.281 e. The summed E-state index contributed by atoms with van der Waals surface area (Å²) in [6, 6.07) is 7.21. The van der Waals surface area contributed by atoms with Gasteiger partial charge in [-0.05, 0) is 13.0 Å². The molecule has 0 unspecified atom stereocenters. The zero-order chi connectivity index (χ0) is 14.7. The number of benzene rings is 1. The fourth-order valence-electron chi connectivity index (χ4n) is 1.59. The predicted octanol–water partition coefficient (Wildman–Crippen LogP) is 2.59. The first-order valence-electron chi connectivity index (χ1n) is 5.72. The maximum absolute atomic E-state index is 12.0. The van der Waals surface area contributed by atoms with Crippen molar-refractivity contribution in [1.82, 2.24) is 15.8 Å². The molecule has 4 N–H and O–H groups in total. The first-order valence-corrected chi connectivity index (χ1v) is 6.91. The fourth-order valence-corrected chi connectivity index (χ4v) is 2.57. The lowest BCUT2D eigenvalue weighted by atomic mass is 10.2. The Kier molecular flexibility index (Phi) is 4.26. The number of carbonyl (C=O) groups excluding carboxylic acids is 1. The lowest BCUT2D eigenvalue weighted by Crippen LogP contribution is -2.35. The van der Waals surface area contributed by atoms with Crippen molar-refractivity contribution in [1.29, 1.82) is 0 Å². The van der Waals surface area contributed by atoms with Crippen LogP contribution in [0.5, 0.6) is 0 Å². The summed E-state index contributed by atoms with van der Waals surface area (Å²) in [6.45, 7) is 5.56. The van der Waals surface area contributed by atoms with Crippen LogP contribution in [0.2, 0.25) is 5.02 Å². The van der Waals surface area contributed by atoms with E-state index in [4.69, 9.17) is 17.3 Å². The number of halogens is 1. The fraction of sp³-hybridized carbons (Fsp3) is 0.0769. The highest BCUT2D eigenvalue weighted by Gasteiger charge is 2.14. The summed E-state index contributed by atoms with van der Waals surface area (Å²) in [5, 5.41) is 0.912. The molecule has 20 heavy (non-hydrogen) atoms. The molecule has 2 aromatic rings. The molecule has 0 spiro atoms. The highest BCUT2D eigenvalue weighted by atomic mass is 35.5. The molecule has 0 fully saturated rings. The van der Waals surface area contributed by atoms with Crippen LogP contribution in [0.1, 0.15) is 20.9 Å². The van der Waals surface area contributed by atoms with E-state index < -0.39 is 0 Å². The standard InChI is InChI=1S/C13H13ClN4OS/c1-7(9-5-3-4-6-10(9)14)17-18-12(19)11-8(2)16-13(15)20-11/h3-6,17H,1H2,2H3,(H2,15,16)(H,18,19). The predicted molar refractivity (Wildman–Crippen MR) is 82.4 cm³/mol. The van der Waals surface area contributed by atoms with E-state index in [-0.39, 0.29) is 5.91 Å². The Hall–Kier alpha value is -2.05. The summed E-state index contributed by atoms with van der Waals surface area (Å²) in [6.07, 6.45) is 0. The zero-order valence-electron chi connectivity index (χ0n) is 10.7. The first-order chi connectivity index (χ1) is 9.49. The van der Waals surface area contributed by atoms with Gasteiger partial charge in [-0.25, -0.2) is 4.98 Å². The van der Waals surface area contributed by atoms with E-state index in [1.54, 1.807) is 19.1 Å². The minimum Gasteiger partial charge on any atom is -0.375 e. The van der Waals surface area contributed by atoms with Crippen LogP contribution in [0.15, 0.2) is 30.8 Å². The number of nitrogens with one attached hydrogen (secondary N) is 2. The Morgan fingerprint density at radius 1 is 1.40 bits per heavy atom. The van der Waals surface area contributed by atoms with Gasteiger partial charge in [0.25, 0.3) is 5.91 Å². The van der Waals surface area contributed by atoms with Crippen molar-refractivity contribution in [2.45, 2.75) is 6.92 Å². The van der Waals surface area contributed by atoms with Gasteiger partial charge in [0.2, 0.25) is 0 Å². The number of nitrogens with two attached hydrogens (primary N) is 1. The SMILES string of the molecule is C=C(NNC(=O)c1sc(N)nc1C)c1ccccc1Cl. The third-order valence-corrected chi connectivity index (χ3v) is 3.86. The van der Waals surface area contributed by atoms with Crippen LogP contribution in [0.3, 0.4) is 0 Å². The average molecular weight is 309 g/mol. The number of hydrazine groups is 1. The zero-order valence-corrected chi connectivity index (χ0v) is 12.3. The van der Waals surface area contributed by atoms with Crippen molar-refractivity contribution in [3.05, 3.63) is 52.0 Å². The molecule has 0 saturated heterocycles.